The van der Waals surface area contributed by atoms with Crippen LogP contribution in [0.1, 0.15) is 83.1 Å². The van der Waals surface area contributed by atoms with Crippen LogP contribution in [-0.2, 0) is 14.5 Å². The SMILES string of the molecule is CC(C)(N)CNC(=O)Oc1ccc(C2CCC[C@]3(C2)OO[C@]2(O3)C3CC4CC(C3)C[C@@H]2C4)cc1. The normalized spacial score (nSPS) is 40.7. The molecule has 2 spiro atoms. The number of hydrogen-bond acceptors (Lipinski definition) is 6. The van der Waals surface area contributed by atoms with Crippen molar-refractivity contribution < 1.29 is 24.0 Å². The number of nitrogens with one attached hydrogen (secondary N) is 1. The van der Waals surface area contributed by atoms with Crippen LogP contribution in [0.2, 0.25) is 0 Å². The average Bonchev–Trinajstić information content (AvgIpc) is 3.15. The molecule has 0 aromatic heterocycles. The van der Waals surface area contributed by atoms with E-state index in [4.69, 9.17) is 25.0 Å². The minimum atomic E-state index is -0.637. The van der Waals surface area contributed by atoms with E-state index >= 15 is 0 Å². The van der Waals surface area contributed by atoms with Gasteiger partial charge in [-0.05, 0) is 94.2 Å². The first-order valence-corrected chi connectivity index (χ1v) is 13.1. The second-order valence-electron chi connectivity index (χ2n) is 12.3. The molecule has 3 N–H and O–H groups in total. The van der Waals surface area contributed by atoms with E-state index in [9.17, 15) is 4.79 Å². The zero-order valence-electron chi connectivity index (χ0n) is 20.4. The molecule has 34 heavy (non-hydrogen) atoms. The quantitative estimate of drug-likeness (QED) is 0.602. The van der Waals surface area contributed by atoms with Gasteiger partial charge in [0.25, 0.3) is 0 Å². The standard InChI is InChI=1S/C27H38N2O5/c1-25(2,28)16-29-24(30)31-23-7-5-19(6-8-23)20-4-3-9-26(15-20)32-27(34-33-26)21-11-17-10-18(13-21)14-22(27)12-17/h5-8,17-18,20-22H,3-4,9-16,28H2,1-2H3,(H,29,30)/t17?,18?,20?,21-,22?,26-,27+/m1/s1. The first kappa shape index (κ1) is 22.8. The number of ether oxygens (including phenoxy) is 2. The van der Waals surface area contributed by atoms with E-state index < -0.39 is 23.2 Å². The fourth-order valence-electron chi connectivity index (χ4n) is 7.51. The molecule has 6 fully saturated rings. The Balaban J connectivity index is 1.10. The Bertz CT molecular complexity index is 898. The maximum absolute atomic E-state index is 12.0. The van der Waals surface area contributed by atoms with Crippen LogP contribution in [0.5, 0.6) is 5.75 Å². The van der Waals surface area contributed by atoms with Gasteiger partial charge in [-0.15, -0.1) is 0 Å². The lowest BCUT2D eigenvalue weighted by atomic mass is 9.53. The summed E-state index contributed by atoms with van der Waals surface area (Å²) in [5, 5.41) is 2.70. The molecular formula is C27H38N2O5. The minimum absolute atomic E-state index is 0.324. The van der Waals surface area contributed by atoms with Crippen molar-refractivity contribution in [1.82, 2.24) is 5.32 Å². The van der Waals surface area contributed by atoms with Crippen molar-refractivity contribution >= 4 is 6.09 Å². The van der Waals surface area contributed by atoms with Gasteiger partial charge in [-0.2, -0.15) is 9.78 Å². The third-order valence-electron chi connectivity index (χ3n) is 8.86. The smallest absolute Gasteiger partial charge is 0.410 e. The molecule has 0 radical (unpaired) electrons. The van der Waals surface area contributed by atoms with Gasteiger partial charge in [-0.3, -0.25) is 0 Å². The van der Waals surface area contributed by atoms with E-state index in [1.807, 2.05) is 38.1 Å². The number of carbonyl (C=O) groups excluding carboxylic acids is 1. The van der Waals surface area contributed by atoms with E-state index in [0.29, 0.717) is 30.0 Å². The lowest BCUT2D eigenvalue weighted by molar-refractivity contribution is -0.390. The van der Waals surface area contributed by atoms with E-state index in [0.717, 1.165) is 37.5 Å². The zero-order valence-corrected chi connectivity index (χ0v) is 20.4. The maximum atomic E-state index is 12.0. The summed E-state index contributed by atoms with van der Waals surface area (Å²) < 4.78 is 12.3. The van der Waals surface area contributed by atoms with Crippen molar-refractivity contribution in [2.45, 2.75) is 94.7 Å². The summed E-state index contributed by atoms with van der Waals surface area (Å²) in [6, 6.07) is 7.81. The largest absolute Gasteiger partial charge is 0.412 e. The summed E-state index contributed by atoms with van der Waals surface area (Å²) in [6.07, 6.45) is 9.65. The number of rotatable bonds is 4. The van der Waals surface area contributed by atoms with Crippen LogP contribution in [0.15, 0.2) is 24.3 Å². The third-order valence-corrected chi connectivity index (χ3v) is 8.86. The molecule has 1 aromatic carbocycles. The third kappa shape index (κ3) is 4.15. The highest BCUT2D eigenvalue weighted by atomic mass is 17.3. The molecule has 2 atom stereocenters. The van der Waals surface area contributed by atoms with Crippen LogP contribution in [-0.4, -0.2) is 29.8 Å². The fourth-order valence-corrected chi connectivity index (χ4v) is 7.51. The second kappa shape index (κ2) is 8.19. The molecule has 7 heteroatoms. The maximum Gasteiger partial charge on any atom is 0.412 e. The number of hydrogen-bond donors (Lipinski definition) is 2. The zero-order chi connectivity index (χ0) is 23.6. The van der Waals surface area contributed by atoms with Crippen LogP contribution >= 0.6 is 0 Å². The number of benzene rings is 1. The number of amides is 1. The first-order chi connectivity index (χ1) is 16.2. The van der Waals surface area contributed by atoms with Gasteiger partial charge in [0.2, 0.25) is 11.6 Å². The van der Waals surface area contributed by atoms with Gasteiger partial charge < -0.3 is 20.5 Å². The molecule has 5 aliphatic carbocycles. The van der Waals surface area contributed by atoms with Crippen molar-refractivity contribution in [3.8, 4) is 5.75 Å². The summed E-state index contributed by atoms with van der Waals surface area (Å²) in [7, 11) is 0. The van der Waals surface area contributed by atoms with E-state index in [1.54, 1.807) is 0 Å². The van der Waals surface area contributed by atoms with Gasteiger partial charge in [-0.1, -0.05) is 12.1 Å². The average molecular weight is 471 g/mol. The highest BCUT2D eigenvalue weighted by Crippen LogP contribution is 2.64. The van der Waals surface area contributed by atoms with Gasteiger partial charge in [0.1, 0.15) is 5.75 Å². The van der Waals surface area contributed by atoms with E-state index in [-0.39, 0.29) is 0 Å². The molecule has 1 heterocycles. The van der Waals surface area contributed by atoms with Crippen molar-refractivity contribution in [3.05, 3.63) is 29.8 Å². The Kier molecular flexibility index (Phi) is 5.48. The van der Waals surface area contributed by atoms with Crippen molar-refractivity contribution in [2.75, 3.05) is 6.54 Å². The molecule has 5 saturated carbocycles. The first-order valence-electron chi connectivity index (χ1n) is 13.1. The summed E-state index contributed by atoms with van der Waals surface area (Å²) in [4.78, 5) is 24.4. The van der Waals surface area contributed by atoms with Gasteiger partial charge in [-0.25, -0.2) is 4.79 Å². The lowest BCUT2D eigenvalue weighted by Gasteiger charge is -2.57. The van der Waals surface area contributed by atoms with Crippen molar-refractivity contribution in [3.63, 3.8) is 0 Å². The van der Waals surface area contributed by atoms with E-state index in [2.05, 4.69) is 5.32 Å². The Morgan fingerprint density at radius 3 is 2.41 bits per heavy atom. The predicted octanol–water partition coefficient (Wildman–Crippen LogP) is 5.00. The molecule has 1 aromatic rings. The Morgan fingerprint density at radius 1 is 1.09 bits per heavy atom. The van der Waals surface area contributed by atoms with Crippen LogP contribution in [0.4, 0.5) is 4.79 Å². The molecular weight excluding hydrogens is 432 g/mol. The summed E-state index contributed by atoms with van der Waals surface area (Å²) in [6.45, 7) is 4.06. The molecule has 1 aliphatic heterocycles. The summed E-state index contributed by atoms with van der Waals surface area (Å²) in [5.74, 6) is 2.38. The highest BCUT2D eigenvalue weighted by Gasteiger charge is 2.67. The van der Waals surface area contributed by atoms with E-state index in [1.165, 1.54) is 37.7 Å². The van der Waals surface area contributed by atoms with Crippen LogP contribution in [0, 0.1) is 23.7 Å². The minimum Gasteiger partial charge on any atom is -0.410 e. The van der Waals surface area contributed by atoms with Crippen LogP contribution in [0.25, 0.3) is 0 Å². The summed E-state index contributed by atoms with van der Waals surface area (Å²) in [5.41, 5.74) is 6.64. The van der Waals surface area contributed by atoms with Crippen LogP contribution in [0.3, 0.4) is 0 Å². The monoisotopic (exact) mass is 470 g/mol. The van der Waals surface area contributed by atoms with Crippen LogP contribution < -0.4 is 15.8 Å². The number of nitrogens with two attached hydrogens (primary N) is 1. The van der Waals surface area contributed by atoms with Gasteiger partial charge in [0.05, 0.1) is 0 Å². The highest BCUT2D eigenvalue weighted by molar-refractivity contribution is 5.70. The Morgan fingerprint density at radius 2 is 1.76 bits per heavy atom. The van der Waals surface area contributed by atoms with Crippen molar-refractivity contribution in [2.24, 2.45) is 29.4 Å². The van der Waals surface area contributed by atoms with Crippen molar-refractivity contribution in [1.29, 1.82) is 0 Å². The molecule has 1 unspecified atom stereocenters. The molecule has 4 bridgehead atoms. The van der Waals surface area contributed by atoms with Gasteiger partial charge >= 0.3 is 6.09 Å². The second-order valence-corrected chi connectivity index (χ2v) is 12.3. The molecule has 6 aliphatic rings. The fraction of sp³-hybridized carbons (Fsp3) is 0.741. The number of carbonyl (C=O) groups is 1. The summed E-state index contributed by atoms with van der Waals surface area (Å²) >= 11 is 0. The molecule has 7 rings (SSSR count). The predicted molar refractivity (Wildman–Crippen MR) is 126 cm³/mol. The molecule has 1 saturated heterocycles. The Hall–Kier alpha value is -1.67. The Labute approximate surface area is 202 Å². The van der Waals surface area contributed by atoms with Gasteiger partial charge in [0.15, 0.2) is 0 Å². The van der Waals surface area contributed by atoms with Gasteiger partial charge in [0, 0.05) is 36.8 Å². The molecule has 7 nitrogen and oxygen atoms in total. The molecule has 186 valence electrons. The lowest BCUT2D eigenvalue weighted by Crippen LogP contribution is -2.59. The topological polar surface area (TPSA) is 92.0 Å². The molecule has 1 amide bonds.